The Labute approximate surface area is 86.9 Å². The van der Waals surface area contributed by atoms with Gasteiger partial charge in [-0.1, -0.05) is 11.8 Å². The number of nitrogens with two attached hydrogens (primary N) is 1. The van der Waals surface area contributed by atoms with Crippen LogP contribution in [0.1, 0.15) is 12.0 Å². The Bertz CT molecular complexity index is 432. The fraction of sp³-hybridized carbons (Fsp3) is 0.200. The summed E-state index contributed by atoms with van der Waals surface area (Å²) < 4.78 is 4.40. The van der Waals surface area contributed by atoms with Gasteiger partial charge in [0.1, 0.15) is 6.42 Å². The molecular weight excluding hydrogens is 196 g/mol. The monoisotopic (exact) mass is 206 g/mol. The molecular formula is C10H10N2O3. The van der Waals surface area contributed by atoms with Gasteiger partial charge in [0.2, 0.25) is 0 Å². The number of rotatable bonds is 1. The van der Waals surface area contributed by atoms with Gasteiger partial charge in [0, 0.05) is 17.8 Å². The van der Waals surface area contributed by atoms with Gasteiger partial charge in [0.05, 0.1) is 7.11 Å². The first-order valence-corrected chi connectivity index (χ1v) is 4.13. The van der Waals surface area contributed by atoms with Gasteiger partial charge in [-0.2, -0.15) is 0 Å². The first-order chi connectivity index (χ1) is 7.13. The Morgan fingerprint density at radius 1 is 1.73 bits per heavy atom. The summed E-state index contributed by atoms with van der Waals surface area (Å²) in [7, 11) is 1.29. The molecule has 0 aliphatic carbocycles. The van der Waals surface area contributed by atoms with E-state index in [0.29, 0.717) is 5.56 Å². The molecule has 1 rings (SSSR count). The smallest absolute Gasteiger partial charge is 0.317 e. The van der Waals surface area contributed by atoms with Crippen LogP contribution in [0.4, 0.5) is 5.82 Å². The van der Waals surface area contributed by atoms with Gasteiger partial charge in [0.15, 0.2) is 11.6 Å². The Hall–Kier alpha value is -2.22. The Morgan fingerprint density at radius 3 is 3.07 bits per heavy atom. The van der Waals surface area contributed by atoms with E-state index in [1.54, 1.807) is 0 Å². The molecule has 3 N–H and O–H groups in total. The molecule has 15 heavy (non-hydrogen) atoms. The second-order valence-corrected chi connectivity index (χ2v) is 2.68. The molecule has 1 heterocycles. The minimum atomic E-state index is -0.407. The zero-order chi connectivity index (χ0) is 11.3. The maximum Gasteiger partial charge on any atom is 0.317 e. The number of aromatic hydroxyl groups is 1. The highest BCUT2D eigenvalue weighted by Crippen LogP contribution is 2.16. The number of nitrogen functional groups attached to an aromatic ring is 1. The summed E-state index contributed by atoms with van der Waals surface area (Å²) in [4.78, 5) is 14.4. The van der Waals surface area contributed by atoms with Crippen molar-refractivity contribution in [3.05, 3.63) is 17.8 Å². The van der Waals surface area contributed by atoms with Crippen molar-refractivity contribution in [3.8, 4) is 17.6 Å². The first-order valence-electron chi connectivity index (χ1n) is 4.13. The van der Waals surface area contributed by atoms with E-state index < -0.39 is 5.97 Å². The quantitative estimate of drug-likeness (QED) is 0.509. The highest BCUT2D eigenvalue weighted by atomic mass is 16.5. The van der Waals surface area contributed by atoms with E-state index in [9.17, 15) is 9.90 Å². The molecule has 0 spiro atoms. The van der Waals surface area contributed by atoms with Gasteiger partial charge >= 0.3 is 5.97 Å². The zero-order valence-electron chi connectivity index (χ0n) is 8.15. The average molecular weight is 206 g/mol. The van der Waals surface area contributed by atoms with Crippen LogP contribution in [0.15, 0.2) is 12.3 Å². The fourth-order valence-corrected chi connectivity index (χ4v) is 0.823. The number of anilines is 1. The summed E-state index contributed by atoms with van der Waals surface area (Å²) in [5.41, 5.74) is 5.80. The minimum Gasteiger partial charge on any atom is -0.504 e. The van der Waals surface area contributed by atoms with Crippen molar-refractivity contribution in [2.75, 3.05) is 12.8 Å². The molecule has 5 heteroatoms. The van der Waals surface area contributed by atoms with Gasteiger partial charge in [-0.3, -0.25) is 4.79 Å². The second-order valence-electron chi connectivity index (χ2n) is 2.68. The maximum atomic E-state index is 10.7. The Kier molecular flexibility index (Phi) is 3.52. The molecule has 78 valence electrons. The number of aromatic nitrogens is 1. The zero-order valence-corrected chi connectivity index (χ0v) is 8.15. The van der Waals surface area contributed by atoms with Gasteiger partial charge in [-0.05, 0) is 0 Å². The van der Waals surface area contributed by atoms with Crippen LogP contribution >= 0.6 is 0 Å². The number of nitrogens with zero attached hydrogens (tertiary/aromatic N) is 1. The highest BCUT2D eigenvalue weighted by Gasteiger charge is 1.98. The Balaban J connectivity index is 2.72. The van der Waals surface area contributed by atoms with Crippen LogP contribution in [-0.2, 0) is 9.53 Å². The van der Waals surface area contributed by atoms with Gasteiger partial charge in [-0.15, -0.1) is 0 Å². The van der Waals surface area contributed by atoms with Gasteiger partial charge < -0.3 is 15.6 Å². The highest BCUT2D eigenvalue weighted by molar-refractivity contribution is 5.72. The summed E-state index contributed by atoms with van der Waals surface area (Å²) in [5.74, 6) is 4.75. The largest absolute Gasteiger partial charge is 0.504 e. The minimum absolute atomic E-state index is 0.00163. The lowest BCUT2D eigenvalue weighted by molar-refractivity contribution is -0.139. The van der Waals surface area contributed by atoms with Gasteiger partial charge in [0.25, 0.3) is 0 Å². The van der Waals surface area contributed by atoms with Crippen molar-refractivity contribution in [1.82, 2.24) is 4.98 Å². The molecule has 0 radical (unpaired) electrons. The molecule has 0 unspecified atom stereocenters. The van der Waals surface area contributed by atoms with Crippen LogP contribution in [-0.4, -0.2) is 23.2 Å². The number of hydrogen-bond donors (Lipinski definition) is 2. The van der Waals surface area contributed by atoms with Crippen molar-refractivity contribution in [1.29, 1.82) is 0 Å². The van der Waals surface area contributed by atoms with Crippen LogP contribution in [0, 0.1) is 11.8 Å². The van der Waals surface area contributed by atoms with Crippen LogP contribution in [0.2, 0.25) is 0 Å². The first kappa shape index (κ1) is 10.9. The molecule has 0 atom stereocenters. The average Bonchev–Trinajstić information content (AvgIpc) is 2.23. The number of methoxy groups -OCH3 is 1. The number of carbonyl (C=O) groups is 1. The van der Waals surface area contributed by atoms with Crippen molar-refractivity contribution in [2.45, 2.75) is 6.42 Å². The van der Waals surface area contributed by atoms with Crippen molar-refractivity contribution in [2.24, 2.45) is 0 Å². The van der Waals surface area contributed by atoms with E-state index in [1.807, 2.05) is 0 Å². The van der Waals surface area contributed by atoms with Gasteiger partial charge in [-0.25, -0.2) is 4.98 Å². The third-order valence-corrected chi connectivity index (χ3v) is 1.59. The van der Waals surface area contributed by atoms with Crippen molar-refractivity contribution in [3.63, 3.8) is 0 Å². The summed E-state index contributed by atoms with van der Waals surface area (Å²) >= 11 is 0. The molecule has 1 aromatic heterocycles. The van der Waals surface area contributed by atoms with E-state index in [0.717, 1.165) is 0 Å². The third kappa shape index (κ3) is 3.19. The number of esters is 1. The summed E-state index contributed by atoms with van der Waals surface area (Å²) in [6, 6.07) is 1.38. The van der Waals surface area contributed by atoms with E-state index in [4.69, 9.17) is 5.73 Å². The van der Waals surface area contributed by atoms with E-state index >= 15 is 0 Å². The normalized spacial score (nSPS) is 8.87. The fourth-order valence-electron chi connectivity index (χ4n) is 0.823. The molecule has 0 saturated carbocycles. The third-order valence-electron chi connectivity index (χ3n) is 1.59. The second kappa shape index (κ2) is 4.86. The molecule has 0 bridgehead atoms. The molecule has 0 amide bonds. The SMILES string of the molecule is COC(=O)CC#Cc1cnc(N)c(O)c1. The van der Waals surface area contributed by atoms with Crippen molar-refractivity contribution < 1.29 is 14.6 Å². The number of pyridine rings is 1. The maximum absolute atomic E-state index is 10.7. The molecule has 0 aliphatic heterocycles. The van der Waals surface area contributed by atoms with Crippen LogP contribution in [0.3, 0.4) is 0 Å². The van der Waals surface area contributed by atoms with Crippen LogP contribution in [0.5, 0.6) is 5.75 Å². The van der Waals surface area contributed by atoms with Crippen LogP contribution < -0.4 is 5.73 Å². The predicted molar refractivity (Wildman–Crippen MR) is 53.8 cm³/mol. The number of ether oxygens (including phenoxy) is 1. The van der Waals surface area contributed by atoms with E-state index in [2.05, 4.69) is 21.6 Å². The summed E-state index contributed by atoms with van der Waals surface area (Å²) in [5, 5.41) is 9.21. The number of carbonyl (C=O) groups excluding carboxylic acids is 1. The predicted octanol–water partition coefficient (Wildman–Crippen LogP) is 0.284. The topological polar surface area (TPSA) is 85.4 Å². The molecule has 0 fully saturated rings. The molecule has 0 aromatic carbocycles. The van der Waals surface area contributed by atoms with Crippen LogP contribution in [0.25, 0.3) is 0 Å². The molecule has 5 nitrogen and oxygen atoms in total. The molecule has 0 aliphatic rings. The Morgan fingerprint density at radius 2 is 2.47 bits per heavy atom. The van der Waals surface area contributed by atoms with E-state index in [1.165, 1.54) is 19.4 Å². The lowest BCUT2D eigenvalue weighted by atomic mass is 10.2. The summed E-state index contributed by atoms with van der Waals surface area (Å²) in [6.45, 7) is 0. The molecule has 1 aromatic rings. The van der Waals surface area contributed by atoms with E-state index in [-0.39, 0.29) is 18.0 Å². The summed E-state index contributed by atoms with van der Waals surface area (Å²) in [6.07, 6.45) is 1.42. The lowest BCUT2D eigenvalue weighted by Gasteiger charge is -1.96. The van der Waals surface area contributed by atoms with Crippen molar-refractivity contribution >= 4 is 11.8 Å². The standard InChI is InChI=1S/C10H10N2O3/c1-15-9(14)4-2-3-7-5-8(13)10(11)12-6-7/h5-6,13H,4H2,1H3,(H2,11,12). The lowest BCUT2D eigenvalue weighted by Crippen LogP contribution is -1.97. The molecule has 0 saturated heterocycles. The number of hydrogen-bond acceptors (Lipinski definition) is 5.